The number of halogens is 2. The van der Waals surface area contributed by atoms with Crippen molar-refractivity contribution in [3.05, 3.63) is 107 Å². The normalized spacial score (nSPS) is 11.3. The van der Waals surface area contributed by atoms with Crippen LogP contribution in [0.2, 0.25) is 0 Å². The summed E-state index contributed by atoms with van der Waals surface area (Å²) in [7, 11) is 1.61. The first-order valence-corrected chi connectivity index (χ1v) is 11.5. The summed E-state index contributed by atoms with van der Waals surface area (Å²) < 4.78 is 27.3. The number of benzene rings is 2. The summed E-state index contributed by atoms with van der Waals surface area (Å²) in [6.07, 6.45) is 2.99. The number of pyridine rings is 2. The van der Waals surface area contributed by atoms with Gasteiger partial charge in [0.1, 0.15) is 17.7 Å². The summed E-state index contributed by atoms with van der Waals surface area (Å²) >= 11 is 0. The Kier molecular flexibility index (Phi) is 7.69. The molecular formula is C28H24F2N6O. The molecule has 0 bridgehead atoms. The fraction of sp³-hybridized carbons (Fsp3) is 0.143. The van der Waals surface area contributed by atoms with Gasteiger partial charge in [-0.25, -0.2) is 18.7 Å². The van der Waals surface area contributed by atoms with Crippen molar-refractivity contribution in [2.75, 3.05) is 17.7 Å². The zero-order chi connectivity index (χ0) is 26.4. The second-order valence-corrected chi connectivity index (χ2v) is 8.33. The first-order chi connectivity index (χ1) is 17.9. The molecule has 0 spiro atoms. The molecule has 186 valence electrons. The van der Waals surface area contributed by atoms with Gasteiger partial charge in [0.05, 0.1) is 17.2 Å². The van der Waals surface area contributed by atoms with Crippen molar-refractivity contribution in [3.63, 3.8) is 0 Å². The lowest BCUT2D eigenvalue weighted by Gasteiger charge is -2.16. The van der Waals surface area contributed by atoms with Gasteiger partial charge in [-0.3, -0.25) is 4.79 Å². The molecule has 2 aromatic heterocycles. The zero-order valence-corrected chi connectivity index (χ0v) is 20.2. The van der Waals surface area contributed by atoms with Crippen LogP contribution in [0.15, 0.2) is 73.1 Å². The smallest absolute Gasteiger partial charge is 0.255 e. The number of carbonyl (C=O) groups excluding carboxylic acids is 1. The molecule has 0 aliphatic rings. The maximum Gasteiger partial charge on any atom is 0.255 e. The fourth-order valence-electron chi connectivity index (χ4n) is 3.73. The highest BCUT2D eigenvalue weighted by Gasteiger charge is 2.17. The molecule has 7 nitrogen and oxygen atoms in total. The number of hydrogen-bond acceptors (Lipinski definition) is 6. The van der Waals surface area contributed by atoms with Crippen molar-refractivity contribution in [2.45, 2.75) is 19.5 Å². The molecule has 0 aliphatic heterocycles. The number of rotatable bonds is 8. The molecule has 4 rings (SSSR count). The summed E-state index contributed by atoms with van der Waals surface area (Å²) in [4.78, 5) is 21.4. The number of nitrogens with zero attached hydrogens (tertiary/aromatic N) is 3. The molecule has 2 heterocycles. The highest BCUT2D eigenvalue weighted by molar-refractivity contribution is 5.99. The van der Waals surface area contributed by atoms with Crippen LogP contribution in [0.5, 0.6) is 0 Å². The summed E-state index contributed by atoms with van der Waals surface area (Å²) in [5, 5.41) is 18.0. The zero-order valence-electron chi connectivity index (χ0n) is 20.2. The Morgan fingerprint density at radius 3 is 2.32 bits per heavy atom. The van der Waals surface area contributed by atoms with Gasteiger partial charge in [-0.15, -0.1) is 0 Å². The van der Waals surface area contributed by atoms with Crippen LogP contribution >= 0.6 is 0 Å². The Morgan fingerprint density at radius 2 is 1.68 bits per heavy atom. The molecule has 1 amide bonds. The van der Waals surface area contributed by atoms with Gasteiger partial charge in [-0.05, 0) is 47.9 Å². The van der Waals surface area contributed by atoms with Crippen LogP contribution < -0.4 is 16.0 Å². The quantitative estimate of drug-likeness (QED) is 0.299. The summed E-state index contributed by atoms with van der Waals surface area (Å²) in [5.41, 5.74) is 3.57. The molecule has 0 unspecified atom stereocenters. The van der Waals surface area contributed by atoms with Crippen LogP contribution in [0, 0.1) is 23.0 Å². The molecule has 4 aromatic rings. The summed E-state index contributed by atoms with van der Waals surface area (Å²) in [5.74, 6) is -0.702. The van der Waals surface area contributed by atoms with Crippen LogP contribution in [0.4, 0.5) is 20.4 Å². The van der Waals surface area contributed by atoms with E-state index in [2.05, 4.69) is 25.9 Å². The standard InChI is InChI=1S/C28H24F2N6O/c1-17(20-7-9-23(29)10-8-20)36-28(37)24-11-19(13-31)15-34-26(24)33-14-18-3-5-21(6-4-18)22-12-25(30)27(32-2)35-16-22/h3-12,15-17H,14H2,1-2H3,(H,32,35)(H,33,34)(H,36,37)/t17-/m0/s1. The Labute approximate surface area is 213 Å². The monoisotopic (exact) mass is 498 g/mol. The van der Waals surface area contributed by atoms with Gasteiger partial charge in [-0.1, -0.05) is 36.4 Å². The van der Waals surface area contributed by atoms with Gasteiger partial charge in [0, 0.05) is 31.5 Å². The van der Waals surface area contributed by atoms with E-state index in [9.17, 15) is 18.8 Å². The van der Waals surface area contributed by atoms with E-state index >= 15 is 0 Å². The van der Waals surface area contributed by atoms with Gasteiger partial charge in [-0.2, -0.15) is 5.26 Å². The maximum atomic E-state index is 14.1. The first-order valence-electron chi connectivity index (χ1n) is 11.5. The van der Waals surface area contributed by atoms with E-state index in [1.165, 1.54) is 30.5 Å². The lowest BCUT2D eigenvalue weighted by molar-refractivity contribution is 0.0940. The van der Waals surface area contributed by atoms with Crippen LogP contribution in [-0.2, 0) is 6.54 Å². The highest BCUT2D eigenvalue weighted by atomic mass is 19.1. The molecular weight excluding hydrogens is 474 g/mol. The van der Waals surface area contributed by atoms with Crippen molar-refractivity contribution in [1.82, 2.24) is 15.3 Å². The summed E-state index contributed by atoms with van der Waals surface area (Å²) in [6.45, 7) is 2.15. The van der Waals surface area contributed by atoms with E-state index in [-0.39, 0.29) is 28.8 Å². The van der Waals surface area contributed by atoms with Crippen molar-refractivity contribution in [2.24, 2.45) is 0 Å². The second-order valence-electron chi connectivity index (χ2n) is 8.33. The molecule has 0 saturated carbocycles. The Morgan fingerprint density at radius 1 is 0.973 bits per heavy atom. The van der Waals surface area contributed by atoms with Crippen LogP contribution in [0.1, 0.15) is 40.0 Å². The van der Waals surface area contributed by atoms with Gasteiger partial charge in [0.2, 0.25) is 0 Å². The van der Waals surface area contributed by atoms with E-state index in [0.717, 1.165) is 16.7 Å². The lowest BCUT2D eigenvalue weighted by Crippen LogP contribution is -2.28. The minimum absolute atomic E-state index is 0.186. The third-order valence-corrected chi connectivity index (χ3v) is 5.80. The van der Waals surface area contributed by atoms with Crippen LogP contribution in [0.3, 0.4) is 0 Å². The largest absolute Gasteiger partial charge is 0.371 e. The van der Waals surface area contributed by atoms with E-state index in [4.69, 9.17) is 0 Å². The minimum atomic E-state index is -0.433. The number of nitriles is 1. The average Bonchev–Trinajstić information content (AvgIpc) is 2.92. The third kappa shape index (κ3) is 6.05. The fourth-order valence-corrected chi connectivity index (χ4v) is 3.73. The third-order valence-electron chi connectivity index (χ3n) is 5.80. The predicted octanol–water partition coefficient (Wildman–Crippen LogP) is 5.44. The molecule has 0 radical (unpaired) electrons. The van der Waals surface area contributed by atoms with Crippen molar-refractivity contribution in [1.29, 1.82) is 5.26 Å². The Balaban J connectivity index is 1.48. The predicted molar refractivity (Wildman–Crippen MR) is 138 cm³/mol. The topological polar surface area (TPSA) is 103 Å². The lowest BCUT2D eigenvalue weighted by atomic mass is 10.1. The molecule has 3 N–H and O–H groups in total. The number of nitrogens with one attached hydrogen (secondary N) is 3. The second kappa shape index (κ2) is 11.3. The van der Waals surface area contributed by atoms with Gasteiger partial charge in [0.15, 0.2) is 11.6 Å². The molecule has 0 fully saturated rings. The Hall–Kier alpha value is -4.84. The van der Waals surface area contributed by atoms with E-state index in [1.54, 1.807) is 32.3 Å². The molecule has 37 heavy (non-hydrogen) atoms. The number of aromatic nitrogens is 2. The molecule has 0 saturated heterocycles. The van der Waals surface area contributed by atoms with Gasteiger partial charge in [0.25, 0.3) is 5.91 Å². The van der Waals surface area contributed by atoms with Crippen LogP contribution in [-0.4, -0.2) is 22.9 Å². The highest BCUT2D eigenvalue weighted by Crippen LogP contribution is 2.23. The number of hydrogen-bond donors (Lipinski definition) is 3. The summed E-state index contributed by atoms with van der Waals surface area (Å²) in [6, 6.07) is 17.9. The van der Waals surface area contributed by atoms with Crippen molar-refractivity contribution >= 4 is 17.5 Å². The average molecular weight is 499 g/mol. The van der Waals surface area contributed by atoms with Crippen molar-refractivity contribution in [3.8, 4) is 17.2 Å². The van der Waals surface area contributed by atoms with E-state index in [0.29, 0.717) is 17.9 Å². The van der Waals surface area contributed by atoms with E-state index in [1.807, 2.05) is 30.3 Å². The van der Waals surface area contributed by atoms with Gasteiger partial charge < -0.3 is 16.0 Å². The molecule has 2 aromatic carbocycles. The van der Waals surface area contributed by atoms with Gasteiger partial charge >= 0.3 is 0 Å². The van der Waals surface area contributed by atoms with Crippen molar-refractivity contribution < 1.29 is 13.6 Å². The molecule has 0 aliphatic carbocycles. The Bertz CT molecular complexity index is 1450. The van der Waals surface area contributed by atoms with Crippen LogP contribution in [0.25, 0.3) is 11.1 Å². The first kappa shape index (κ1) is 25.3. The molecule has 9 heteroatoms. The SMILES string of the molecule is CNc1ncc(-c2ccc(CNc3ncc(C#N)cc3C(=O)N[C@@H](C)c3ccc(F)cc3)cc2)cc1F. The minimum Gasteiger partial charge on any atom is -0.371 e. The molecule has 1 atom stereocenters. The number of amides is 1. The number of anilines is 2. The van der Waals surface area contributed by atoms with E-state index < -0.39 is 11.7 Å². The number of carbonyl (C=O) groups is 1. The maximum absolute atomic E-state index is 14.1.